The first kappa shape index (κ1) is 15.5. The lowest BCUT2D eigenvalue weighted by Gasteiger charge is -2.08. The van der Waals surface area contributed by atoms with Crippen LogP contribution in [-0.2, 0) is 29.0 Å². The number of hydrogen-bond acceptors (Lipinski definition) is 4. The second kappa shape index (κ2) is 6.80. The van der Waals surface area contributed by atoms with Gasteiger partial charge in [0, 0.05) is 12.1 Å². The van der Waals surface area contributed by atoms with Crippen LogP contribution in [0, 0.1) is 0 Å². The van der Waals surface area contributed by atoms with Gasteiger partial charge >= 0.3 is 6.03 Å². The molecule has 2 aliphatic rings. The second-order valence-electron chi connectivity index (χ2n) is 6.02. The first-order valence-electron chi connectivity index (χ1n) is 8.06. The number of urea groups is 1. The molecule has 1 aliphatic heterocycles. The van der Waals surface area contributed by atoms with Crippen LogP contribution in [0.4, 0.5) is 4.79 Å². The molecule has 1 aromatic heterocycles. The summed E-state index contributed by atoms with van der Waals surface area (Å²) in [5, 5.41) is 14.9. The first-order valence-corrected chi connectivity index (χ1v) is 8.06. The molecule has 23 heavy (non-hydrogen) atoms. The number of carbonyl (C=O) groups excluding carboxylic acids is 3. The maximum atomic E-state index is 11.9. The van der Waals surface area contributed by atoms with Gasteiger partial charge in [-0.2, -0.15) is 5.10 Å². The predicted octanol–water partition coefficient (Wildman–Crippen LogP) is 0.283. The molecule has 8 heteroatoms. The van der Waals surface area contributed by atoms with Gasteiger partial charge in [0.1, 0.15) is 6.04 Å². The van der Waals surface area contributed by atoms with E-state index < -0.39 is 12.1 Å². The molecule has 2 heterocycles. The van der Waals surface area contributed by atoms with Crippen LogP contribution < -0.4 is 16.0 Å². The number of carbonyl (C=O) groups is 3. The Bertz CT molecular complexity index is 625. The van der Waals surface area contributed by atoms with Crippen LogP contribution >= 0.6 is 0 Å². The fourth-order valence-corrected chi connectivity index (χ4v) is 3.08. The highest BCUT2D eigenvalue weighted by Crippen LogP contribution is 2.21. The van der Waals surface area contributed by atoms with Crippen LogP contribution in [0.5, 0.6) is 0 Å². The number of amides is 4. The van der Waals surface area contributed by atoms with Gasteiger partial charge in [0.15, 0.2) is 0 Å². The minimum absolute atomic E-state index is 0.149. The number of imide groups is 1. The van der Waals surface area contributed by atoms with E-state index >= 15 is 0 Å². The Labute approximate surface area is 133 Å². The van der Waals surface area contributed by atoms with E-state index in [0.717, 1.165) is 25.0 Å². The fourth-order valence-electron chi connectivity index (χ4n) is 3.08. The number of rotatable bonds is 5. The zero-order valence-electron chi connectivity index (χ0n) is 12.9. The lowest BCUT2D eigenvalue weighted by atomic mass is 10.1. The average Bonchev–Trinajstić information content (AvgIpc) is 2.96. The van der Waals surface area contributed by atoms with Crippen LogP contribution in [0.25, 0.3) is 0 Å². The Morgan fingerprint density at radius 2 is 2.04 bits per heavy atom. The Morgan fingerprint density at radius 3 is 2.83 bits per heavy atom. The SMILES string of the molecule is O=C(CC[C@@H]1NC(=O)NC1=O)NCc1n[nH]c2c1CCCCC2. The van der Waals surface area contributed by atoms with Gasteiger partial charge in [0.25, 0.3) is 5.91 Å². The summed E-state index contributed by atoms with van der Waals surface area (Å²) in [5.74, 6) is -0.523. The topological polar surface area (TPSA) is 116 Å². The third-order valence-electron chi connectivity index (χ3n) is 4.36. The fraction of sp³-hybridized carbons (Fsp3) is 0.600. The van der Waals surface area contributed by atoms with E-state index in [1.807, 2.05) is 0 Å². The Kier molecular flexibility index (Phi) is 4.59. The highest BCUT2D eigenvalue weighted by Gasteiger charge is 2.29. The zero-order chi connectivity index (χ0) is 16.2. The minimum atomic E-state index is -0.616. The molecule has 1 atom stereocenters. The number of fused-ring (bicyclic) bond motifs is 1. The van der Waals surface area contributed by atoms with Crippen molar-refractivity contribution in [2.75, 3.05) is 0 Å². The van der Waals surface area contributed by atoms with Crippen LogP contribution in [-0.4, -0.2) is 34.1 Å². The summed E-state index contributed by atoms with van der Waals surface area (Å²) in [6.07, 6.45) is 6.06. The second-order valence-corrected chi connectivity index (χ2v) is 6.02. The Balaban J connectivity index is 1.47. The highest BCUT2D eigenvalue weighted by atomic mass is 16.2. The highest BCUT2D eigenvalue weighted by molar-refractivity contribution is 6.04. The van der Waals surface area contributed by atoms with Crippen molar-refractivity contribution >= 4 is 17.8 Å². The van der Waals surface area contributed by atoms with Gasteiger partial charge in [-0.15, -0.1) is 0 Å². The van der Waals surface area contributed by atoms with Crippen molar-refractivity contribution in [2.45, 2.75) is 57.5 Å². The number of H-pyrrole nitrogens is 1. The summed E-state index contributed by atoms with van der Waals surface area (Å²) in [5.41, 5.74) is 3.34. The third kappa shape index (κ3) is 3.69. The van der Waals surface area contributed by atoms with E-state index in [1.165, 1.54) is 24.1 Å². The Morgan fingerprint density at radius 1 is 1.22 bits per heavy atom. The maximum Gasteiger partial charge on any atom is 0.322 e. The van der Waals surface area contributed by atoms with E-state index in [1.54, 1.807) is 0 Å². The first-order chi connectivity index (χ1) is 11.1. The van der Waals surface area contributed by atoms with Gasteiger partial charge in [0.2, 0.25) is 5.91 Å². The lowest BCUT2D eigenvalue weighted by Crippen LogP contribution is -2.31. The molecule has 3 rings (SSSR count). The molecule has 4 amide bonds. The van der Waals surface area contributed by atoms with E-state index in [2.05, 4.69) is 26.1 Å². The number of hydrogen-bond donors (Lipinski definition) is 4. The largest absolute Gasteiger partial charge is 0.350 e. The van der Waals surface area contributed by atoms with Gasteiger partial charge in [-0.1, -0.05) is 6.42 Å². The van der Waals surface area contributed by atoms with Crippen molar-refractivity contribution < 1.29 is 14.4 Å². The molecule has 0 aromatic carbocycles. The minimum Gasteiger partial charge on any atom is -0.350 e. The number of aromatic amines is 1. The molecular formula is C15H21N5O3. The van der Waals surface area contributed by atoms with Crippen LogP contribution in [0.3, 0.4) is 0 Å². The van der Waals surface area contributed by atoms with Crippen LogP contribution in [0.2, 0.25) is 0 Å². The molecule has 1 aromatic rings. The van der Waals surface area contributed by atoms with Crippen molar-refractivity contribution in [3.05, 3.63) is 17.0 Å². The number of nitrogens with one attached hydrogen (secondary N) is 4. The monoisotopic (exact) mass is 319 g/mol. The van der Waals surface area contributed by atoms with Crippen LogP contribution in [0.1, 0.15) is 49.1 Å². The normalized spacial score (nSPS) is 20.4. The summed E-state index contributed by atoms with van der Waals surface area (Å²) < 4.78 is 0. The van der Waals surface area contributed by atoms with E-state index in [0.29, 0.717) is 13.0 Å². The molecule has 4 N–H and O–H groups in total. The summed E-state index contributed by atoms with van der Waals surface area (Å²) >= 11 is 0. The van der Waals surface area contributed by atoms with E-state index in [9.17, 15) is 14.4 Å². The quantitative estimate of drug-likeness (QED) is 0.461. The molecular weight excluding hydrogens is 298 g/mol. The molecule has 1 saturated heterocycles. The number of nitrogens with zero attached hydrogens (tertiary/aromatic N) is 1. The molecule has 1 aliphatic carbocycles. The van der Waals surface area contributed by atoms with Crippen LogP contribution in [0.15, 0.2) is 0 Å². The van der Waals surface area contributed by atoms with Gasteiger partial charge in [-0.05, 0) is 37.7 Å². The summed E-state index contributed by atoms with van der Waals surface area (Å²) in [6, 6.07) is -1.12. The molecule has 1 fully saturated rings. The van der Waals surface area contributed by atoms with E-state index in [-0.39, 0.29) is 18.2 Å². The van der Waals surface area contributed by atoms with Crippen molar-refractivity contribution in [3.8, 4) is 0 Å². The lowest BCUT2D eigenvalue weighted by molar-refractivity contribution is -0.122. The van der Waals surface area contributed by atoms with Gasteiger partial charge in [-0.25, -0.2) is 4.79 Å². The van der Waals surface area contributed by atoms with Crippen molar-refractivity contribution in [3.63, 3.8) is 0 Å². The number of aromatic nitrogens is 2. The standard InChI is InChI=1S/C15H21N5O3/c21-13(7-6-11-14(22)18-15(23)17-11)16-8-12-9-4-2-1-3-5-10(9)19-20-12/h11H,1-8H2,(H,16,21)(H,19,20)(H2,17,18,22,23)/t11-/m0/s1. The van der Waals surface area contributed by atoms with Gasteiger partial charge in [-0.3, -0.25) is 20.0 Å². The molecule has 0 radical (unpaired) electrons. The molecule has 0 spiro atoms. The zero-order valence-corrected chi connectivity index (χ0v) is 12.9. The van der Waals surface area contributed by atoms with E-state index in [4.69, 9.17) is 0 Å². The molecule has 0 bridgehead atoms. The maximum absolute atomic E-state index is 11.9. The summed E-state index contributed by atoms with van der Waals surface area (Å²) in [4.78, 5) is 34.3. The molecule has 0 unspecified atom stereocenters. The van der Waals surface area contributed by atoms with Gasteiger partial charge in [0.05, 0.1) is 12.2 Å². The Hall–Kier alpha value is -2.38. The van der Waals surface area contributed by atoms with Gasteiger partial charge < -0.3 is 10.6 Å². The molecule has 8 nitrogen and oxygen atoms in total. The van der Waals surface area contributed by atoms with Crippen molar-refractivity contribution in [2.24, 2.45) is 0 Å². The summed E-state index contributed by atoms with van der Waals surface area (Å²) in [7, 11) is 0. The molecule has 124 valence electrons. The molecule has 0 saturated carbocycles. The van der Waals surface area contributed by atoms with Crippen molar-refractivity contribution in [1.29, 1.82) is 0 Å². The van der Waals surface area contributed by atoms with Crippen molar-refractivity contribution in [1.82, 2.24) is 26.1 Å². The number of aryl methyl sites for hydroxylation is 1. The predicted molar refractivity (Wildman–Crippen MR) is 81.4 cm³/mol. The summed E-state index contributed by atoms with van der Waals surface area (Å²) in [6.45, 7) is 0.397. The third-order valence-corrected chi connectivity index (χ3v) is 4.36. The smallest absolute Gasteiger partial charge is 0.322 e. The average molecular weight is 319 g/mol.